The Balaban J connectivity index is 4.53. The molecule has 0 radical (unpaired) electrons. The number of hydrogen-bond donors (Lipinski definition) is 1. The van der Waals surface area contributed by atoms with Gasteiger partial charge in [-0.15, -0.1) is 0 Å². The molecule has 0 bridgehead atoms. The number of carbonyl (C=O) groups is 1. The van der Waals surface area contributed by atoms with Gasteiger partial charge in [0.2, 0.25) is 5.91 Å². The van der Waals surface area contributed by atoms with Crippen molar-refractivity contribution < 1.29 is 18.4 Å². The Morgan fingerprint density at radius 1 is 1.19 bits per heavy atom. The monoisotopic (exact) mass is 251 g/mol. The van der Waals surface area contributed by atoms with Crippen LogP contribution in [0, 0.1) is 0 Å². The fourth-order valence-electron chi connectivity index (χ4n) is 1.17. The maximum absolute atomic E-state index is 12.2. The average molecular weight is 251 g/mol. The summed E-state index contributed by atoms with van der Waals surface area (Å²) in [5.41, 5.74) is 0. The largest absolute Gasteiger partial charge is 0.356 e. The highest BCUT2D eigenvalue weighted by Crippen LogP contribution is 2.50. The van der Waals surface area contributed by atoms with E-state index in [2.05, 4.69) is 5.32 Å². The van der Waals surface area contributed by atoms with Gasteiger partial charge in [0, 0.05) is 6.54 Å². The maximum atomic E-state index is 12.2. The Labute approximate surface area is 97.4 Å². The number of rotatable bonds is 7. The molecule has 0 atom stereocenters. The minimum Gasteiger partial charge on any atom is -0.356 e. The summed E-state index contributed by atoms with van der Waals surface area (Å²) in [6, 6.07) is 0. The molecule has 0 saturated carbocycles. The lowest BCUT2D eigenvalue weighted by molar-refractivity contribution is -0.118. The van der Waals surface area contributed by atoms with E-state index in [1.165, 1.54) is 0 Å². The van der Waals surface area contributed by atoms with Crippen LogP contribution in [0.1, 0.15) is 34.6 Å². The maximum Gasteiger partial charge on any atom is 0.340 e. The van der Waals surface area contributed by atoms with Crippen molar-refractivity contribution in [3.8, 4) is 0 Å². The van der Waals surface area contributed by atoms with Crippen molar-refractivity contribution in [2.75, 3.05) is 12.7 Å². The first kappa shape index (κ1) is 15.6. The summed E-state index contributed by atoms with van der Waals surface area (Å²) >= 11 is 0. The first-order valence-electron chi connectivity index (χ1n) is 5.51. The molecular formula is C10H22NO4P. The highest BCUT2D eigenvalue weighted by molar-refractivity contribution is 7.54. The Morgan fingerprint density at radius 2 is 1.62 bits per heavy atom. The van der Waals surface area contributed by atoms with Crippen molar-refractivity contribution in [3.63, 3.8) is 0 Å². The van der Waals surface area contributed by atoms with Gasteiger partial charge in [-0.3, -0.25) is 9.36 Å². The molecule has 96 valence electrons. The van der Waals surface area contributed by atoms with Crippen molar-refractivity contribution in [1.29, 1.82) is 0 Å². The first-order valence-corrected chi connectivity index (χ1v) is 7.24. The predicted octanol–water partition coefficient (Wildman–Crippen LogP) is 2.17. The predicted molar refractivity (Wildman–Crippen MR) is 63.6 cm³/mol. The SMILES string of the molecule is CCNC(=O)CP(=O)(OC(C)C)OC(C)C. The lowest BCUT2D eigenvalue weighted by atomic mass is 10.5. The highest BCUT2D eigenvalue weighted by Gasteiger charge is 2.30. The molecule has 0 rings (SSSR count). The van der Waals surface area contributed by atoms with E-state index in [1.54, 1.807) is 34.6 Å². The molecule has 0 heterocycles. The molecule has 1 N–H and O–H groups in total. The highest BCUT2D eigenvalue weighted by atomic mass is 31.2. The molecule has 0 unspecified atom stereocenters. The molecule has 16 heavy (non-hydrogen) atoms. The molecule has 0 aromatic rings. The Hall–Kier alpha value is -0.380. The van der Waals surface area contributed by atoms with Crippen LogP contribution < -0.4 is 5.32 Å². The van der Waals surface area contributed by atoms with E-state index in [1.807, 2.05) is 0 Å². The lowest BCUT2D eigenvalue weighted by Gasteiger charge is -2.22. The minimum absolute atomic E-state index is 0.225. The van der Waals surface area contributed by atoms with Crippen molar-refractivity contribution in [2.45, 2.75) is 46.8 Å². The third-order valence-corrected chi connectivity index (χ3v) is 3.61. The second-order valence-electron chi connectivity index (χ2n) is 4.03. The summed E-state index contributed by atoms with van der Waals surface area (Å²) in [4.78, 5) is 11.4. The molecule has 0 saturated heterocycles. The van der Waals surface area contributed by atoms with E-state index in [-0.39, 0.29) is 24.3 Å². The standard InChI is InChI=1S/C10H22NO4P/c1-6-11-10(12)7-16(13,14-8(2)3)15-9(4)5/h8-9H,6-7H2,1-5H3,(H,11,12). The van der Waals surface area contributed by atoms with Gasteiger partial charge in [-0.25, -0.2) is 0 Å². The van der Waals surface area contributed by atoms with E-state index >= 15 is 0 Å². The molecule has 0 aliphatic heterocycles. The molecule has 0 fully saturated rings. The molecular weight excluding hydrogens is 229 g/mol. The van der Waals surface area contributed by atoms with Crippen LogP contribution >= 0.6 is 7.60 Å². The zero-order valence-corrected chi connectivity index (χ0v) is 11.5. The van der Waals surface area contributed by atoms with E-state index in [9.17, 15) is 9.36 Å². The van der Waals surface area contributed by atoms with E-state index in [0.717, 1.165) is 0 Å². The van der Waals surface area contributed by atoms with E-state index < -0.39 is 7.60 Å². The van der Waals surface area contributed by atoms with Gasteiger partial charge in [-0.05, 0) is 34.6 Å². The fraction of sp³-hybridized carbons (Fsp3) is 0.900. The molecule has 0 aliphatic carbocycles. The molecule has 0 aromatic heterocycles. The third-order valence-electron chi connectivity index (χ3n) is 1.45. The molecule has 5 nitrogen and oxygen atoms in total. The summed E-state index contributed by atoms with van der Waals surface area (Å²) in [5, 5.41) is 2.58. The summed E-state index contributed by atoms with van der Waals surface area (Å²) in [6.07, 6.45) is -0.699. The van der Waals surface area contributed by atoms with Gasteiger partial charge < -0.3 is 14.4 Å². The Morgan fingerprint density at radius 3 is 1.94 bits per heavy atom. The van der Waals surface area contributed by atoms with E-state index in [4.69, 9.17) is 9.05 Å². The van der Waals surface area contributed by atoms with Crippen LogP contribution in [-0.4, -0.2) is 30.8 Å². The molecule has 0 aliphatic rings. The summed E-state index contributed by atoms with van der Waals surface area (Å²) < 4.78 is 22.7. The van der Waals surface area contributed by atoms with Crippen molar-refractivity contribution in [2.24, 2.45) is 0 Å². The van der Waals surface area contributed by atoms with Crippen LogP contribution in [0.5, 0.6) is 0 Å². The quantitative estimate of drug-likeness (QED) is 0.704. The first-order chi connectivity index (χ1) is 7.29. The van der Waals surface area contributed by atoms with Gasteiger partial charge in [0.15, 0.2) is 0 Å². The zero-order valence-electron chi connectivity index (χ0n) is 10.6. The molecule has 0 spiro atoms. The number of nitrogens with one attached hydrogen (secondary N) is 1. The van der Waals surface area contributed by atoms with Crippen molar-refractivity contribution >= 4 is 13.5 Å². The topological polar surface area (TPSA) is 64.6 Å². The lowest BCUT2D eigenvalue weighted by Crippen LogP contribution is -2.27. The van der Waals surface area contributed by atoms with Gasteiger partial charge in [-0.1, -0.05) is 0 Å². The van der Waals surface area contributed by atoms with Crippen molar-refractivity contribution in [1.82, 2.24) is 5.32 Å². The molecule has 0 aromatic carbocycles. The molecule has 6 heteroatoms. The van der Waals surface area contributed by atoms with Crippen LogP contribution in [0.3, 0.4) is 0 Å². The smallest absolute Gasteiger partial charge is 0.340 e. The van der Waals surface area contributed by atoms with Gasteiger partial charge in [0.05, 0.1) is 12.2 Å². The molecule has 1 amide bonds. The summed E-state index contributed by atoms with van der Waals surface area (Å²) in [6.45, 7) is 9.34. The zero-order chi connectivity index (χ0) is 12.8. The van der Waals surface area contributed by atoms with Gasteiger partial charge in [-0.2, -0.15) is 0 Å². The van der Waals surface area contributed by atoms with Gasteiger partial charge in [0.1, 0.15) is 6.16 Å². The number of carbonyl (C=O) groups excluding carboxylic acids is 1. The average Bonchev–Trinajstić information content (AvgIpc) is 1.98. The second kappa shape index (κ2) is 7.05. The number of amides is 1. The number of hydrogen-bond acceptors (Lipinski definition) is 4. The van der Waals surface area contributed by atoms with Crippen molar-refractivity contribution in [3.05, 3.63) is 0 Å². The fourth-order valence-corrected chi connectivity index (χ4v) is 3.12. The Kier molecular flexibility index (Phi) is 6.88. The van der Waals surface area contributed by atoms with Crippen LogP contribution in [0.25, 0.3) is 0 Å². The normalized spacial score (nSPS) is 12.2. The van der Waals surface area contributed by atoms with Gasteiger partial charge in [0.25, 0.3) is 0 Å². The summed E-state index contributed by atoms with van der Waals surface area (Å²) in [5.74, 6) is -0.313. The summed E-state index contributed by atoms with van der Waals surface area (Å²) in [7, 11) is -3.33. The van der Waals surface area contributed by atoms with Gasteiger partial charge >= 0.3 is 7.60 Å². The van der Waals surface area contributed by atoms with Crippen LogP contribution in [0.2, 0.25) is 0 Å². The van der Waals surface area contributed by atoms with E-state index in [0.29, 0.717) is 6.54 Å². The second-order valence-corrected chi connectivity index (χ2v) is 5.99. The minimum atomic E-state index is -3.33. The Bertz CT molecular complexity index is 252. The van der Waals surface area contributed by atoms with Crippen LogP contribution in [-0.2, 0) is 18.4 Å². The van der Waals surface area contributed by atoms with Crippen LogP contribution in [0.4, 0.5) is 0 Å². The third kappa shape index (κ3) is 6.99. The van der Waals surface area contributed by atoms with Crippen LogP contribution in [0.15, 0.2) is 0 Å².